The summed E-state index contributed by atoms with van der Waals surface area (Å²) >= 11 is 11.7. The molecule has 1 aromatic carbocycles. The predicted molar refractivity (Wildman–Crippen MR) is 64.9 cm³/mol. The SMILES string of the molecule is O=Cc1ccc(COc2cc(Cl)ccc2Cl)o1. The zero-order valence-corrected chi connectivity index (χ0v) is 10.2. The molecule has 1 aromatic heterocycles. The number of furan rings is 1. The molecule has 0 N–H and O–H groups in total. The Hall–Kier alpha value is -1.45. The van der Waals surface area contributed by atoms with Gasteiger partial charge in [-0.25, -0.2) is 0 Å². The minimum absolute atomic E-state index is 0.188. The summed E-state index contributed by atoms with van der Waals surface area (Å²) < 4.78 is 10.6. The molecule has 0 aliphatic rings. The molecule has 2 rings (SSSR count). The summed E-state index contributed by atoms with van der Waals surface area (Å²) in [7, 11) is 0. The Morgan fingerprint density at radius 3 is 2.76 bits per heavy atom. The van der Waals surface area contributed by atoms with Crippen LogP contribution in [0.1, 0.15) is 16.3 Å². The van der Waals surface area contributed by atoms with Crippen LogP contribution in [0.25, 0.3) is 0 Å². The van der Waals surface area contributed by atoms with Gasteiger partial charge >= 0.3 is 0 Å². The van der Waals surface area contributed by atoms with E-state index in [1.807, 2.05) is 0 Å². The second-order valence-corrected chi connectivity index (χ2v) is 4.13. The Kier molecular flexibility index (Phi) is 3.71. The van der Waals surface area contributed by atoms with Crippen LogP contribution in [0.5, 0.6) is 5.75 Å². The quantitative estimate of drug-likeness (QED) is 0.789. The van der Waals surface area contributed by atoms with Crippen molar-refractivity contribution in [2.24, 2.45) is 0 Å². The van der Waals surface area contributed by atoms with Crippen molar-refractivity contribution in [1.82, 2.24) is 0 Å². The summed E-state index contributed by atoms with van der Waals surface area (Å²) in [4.78, 5) is 10.4. The van der Waals surface area contributed by atoms with Crippen molar-refractivity contribution < 1.29 is 13.9 Å². The second-order valence-electron chi connectivity index (χ2n) is 3.29. The van der Waals surface area contributed by atoms with Gasteiger partial charge < -0.3 is 9.15 Å². The van der Waals surface area contributed by atoms with Crippen molar-refractivity contribution in [2.45, 2.75) is 6.61 Å². The highest BCUT2D eigenvalue weighted by Gasteiger charge is 2.05. The van der Waals surface area contributed by atoms with E-state index in [1.54, 1.807) is 30.3 Å². The molecule has 0 unspecified atom stereocenters. The smallest absolute Gasteiger partial charge is 0.185 e. The molecule has 0 radical (unpaired) electrons. The molecule has 0 aliphatic heterocycles. The number of aldehydes is 1. The molecule has 5 heteroatoms. The fourth-order valence-corrected chi connectivity index (χ4v) is 1.61. The minimum atomic E-state index is 0.188. The van der Waals surface area contributed by atoms with E-state index >= 15 is 0 Å². The number of benzene rings is 1. The molecule has 0 aliphatic carbocycles. The molecule has 0 saturated carbocycles. The minimum Gasteiger partial charge on any atom is -0.484 e. The van der Waals surface area contributed by atoms with Gasteiger partial charge in [-0.2, -0.15) is 0 Å². The lowest BCUT2D eigenvalue weighted by Gasteiger charge is -2.06. The van der Waals surface area contributed by atoms with Crippen molar-refractivity contribution in [3.8, 4) is 5.75 Å². The van der Waals surface area contributed by atoms with Gasteiger partial charge in [0.15, 0.2) is 12.0 Å². The lowest BCUT2D eigenvalue weighted by Crippen LogP contribution is -1.94. The van der Waals surface area contributed by atoms with Gasteiger partial charge in [-0.15, -0.1) is 0 Å². The Bertz CT molecular complexity index is 534. The first-order valence-corrected chi connectivity index (χ1v) is 5.56. The zero-order valence-electron chi connectivity index (χ0n) is 8.65. The fraction of sp³-hybridized carbons (Fsp3) is 0.0833. The lowest BCUT2D eigenvalue weighted by molar-refractivity contribution is 0.109. The maximum Gasteiger partial charge on any atom is 0.185 e. The van der Waals surface area contributed by atoms with E-state index in [9.17, 15) is 4.79 Å². The molecule has 0 atom stereocenters. The van der Waals surface area contributed by atoms with Crippen LogP contribution in [-0.2, 0) is 6.61 Å². The molecule has 1 heterocycles. The first-order valence-electron chi connectivity index (χ1n) is 4.81. The normalized spacial score (nSPS) is 10.2. The van der Waals surface area contributed by atoms with E-state index in [4.69, 9.17) is 32.4 Å². The highest BCUT2D eigenvalue weighted by Crippen LogP contribution is 2.28. The molecule has 88 valence electrons. The lowest BCUT2D eigenvalue weighted by atomic mass is 10.3. The third-order valence-corrected chi connectivity index (χ3v) is 2.61. The molecule has 0 saturated heterocycles. The first-order chi connectivity index (χ1) is 8.19. The van der Waals surface area contributed by atoms with Crippen LogP contribution in [0.3, 0.4) is 0 Å². The van der Waals surface area contributed by atoms with E-state index in [0.717, 1.165) is 0 Å². The summed E-state index contributed by atoms with van der Waals surface area (Å²) in [5, 5.41) is 1.01. The van der Waals surface area contributed by atoms with Crippen LogP contribution < -0.4 is 4.74 Å². The highest BCUT2D eigenvalue weighted by molar-refractivity contribution is 6.34. The van der Waals surface area contributed by atoms with Crippen molar-refractivity contribution in [2.75, 3.05) is 0 Å². The number of hydrogen-bond donors (Lipinski definition) is 0. The van der Waals surface area contributed by atoms with E-state index in [0.29, 0.717) is 27.8 Å². The second kappa shape index (κ2) is 5.25. The number of rotatable bonds is 4. The molecule has 0 bridgehead atoms. The predicted octanol–water partition coefficient (Wildman–Crippen LogP) is 3.98. The number of carbonyl (C=O) groups excluding carboxylic acids is 1. The van der Waals surface area contributed by atoms with Crippen molar-refractivity contribution in [3.63, 3.8) is 0 Å². The number of halogens is 2. The molecule has 3 nitrogen and oxygen atoms in total. The highest BCUT2D eigenvalue weighted by atomic mass is 35.5. The van der Waals surface area contributed by atoms with Gasteiger partial charge in [0.05, 0.1) is 5.02 Å². The summed E-state index contributed by atoms with van der Waals surface area (Å²) in [6.07, 6.45) is 0.635. The summed E-state index contributed by atoms with van der Waals surface area (Å²) in [6, 6.07) is 8.19. The number of hydrogen-bond acceptors (Lipinski definition) is 3. The van der Waals surface area contributed by atoms with E-state index in [2.05, 4.69) is 0 Å². The van der Waals surface area contributed by atoms with Crippen LogP contribution in [0.4, 0.5) is 0 Å². The maximum absolute atomic E-state index is 10.4. The third-order valence-electron chi connectivity index (χ3n) is 2.06. The van der Waals surface area contributed by atoms with Crippen molar-refractivity contribution >= 4 is 29.5 Å². The molecule has 0 fully saturated rings. The Morgan fingerprint density at radius 1 is 1.24 bits per heavy atom. The Morgan fingerprint density at radius 2 is 2.06 bits per heavy atom. The van der Waals surface area contributed by atoms with Crippen molar-refractivity contribution in [1.29, 1.82) is 0 Å². The van der Waals surface area contributed by atoms with E-state index in [-0.39, 0.29) is 12.4 Å². The standard InChI is InChI=1S/C12H8Cl2O3/c13-8-1-4-11(14)12(5-8)16-7-10-3-2-9(6-15)17-10/h1-6H,7H2. The zero-order chi connectivity index (χ0) is 12.3. The third kappa shape index (κ3) is 3.02. The fourth-order valence-electron chi connectivity index (χ4n) is 1.27. The van der Waals surface area contributed by atoms with Gasteiger partial charge in [-0.05, 0) is 24.3 Å². The molecule has 0 spiro atoms. The maximum atomic E-state index is 10.4. The number of ether oxygens (including phenoxy) is 1. The van der Waals surface area contributed by atoms with Crippen LogP contribution >= 0.6 is 23.2 Å². The molecular weight excluding hydrogens is 263 g/mol. The van der Waals surface area contributed by atoms with Gasteiger partial charge in [0.2, 0.25) is 0 Å². The number of carbonyl (C=O) groups is 1. The largest absolute Gasteiger partial charge is 0.484 e. The van der Waals surface area contributed by atoms with Gasteiger partial charge in [0, 0.05) is 11.1 Å². The van der Waals surface area contributed by atoms with Gasteiger partial charge in [0.1, 0.15) is 18.1 Å². The van der Waals surface area contributed by atoms with Crippen LogP contribution in [0.2, 0.25) is 10.0 Å². The molecule has 2 aromatic rings. The van der Waals surface area contributed by atoms with Crippen LogP contribution in [0.15, 0.2) is 34.7 Å². The van der Waals surface area contributed by atoms with E-state index in [1.165, 1.54) is 0 Å². The summed E-state index contributed by atoms with van der Waals surface area (Å²) in [6.45, 7) is 0.188. The van der Waals surface area contributed by atoms with Crippen molar-refractivity contribution in [3.05, 3.63) is 51.9 Å². The van der Waals surface area contributed by atoms with Gasteiger partial charge in [-0.3, -0.25) is 4.79 Å². The first kappa shape index (κ1) is 12.0. The van der Waals surface area contributed by atoms with E-state index < -0.39 is 0 Å². The average Bonchev–Trinajstić information content (AvgIpc) is 2.78. The van der Waals surface area contributed by atoms with Gasteiger partial charge in [0.25, 0.3) is 0 Å². The summed E-state index contributed by atoms with van der Waals surface area (Å²) in [5.41, 5.74) is 0. The molecule has 17 heavy (non-hydrogen) atoms. The Balaban J connectivity index is 2.06. The van der Waals surface area contributed by atoms with Crippen LogP contribution in [-0.4, -0.2) is 6.29 Å². The molecule has 0 amide bonds. The average molecular weight is 271 g/mol. The molecular formula is C12H8Cl2O3. The van der Waals surface area contributed by atoms with Gasteiger partial charge in [-0.1, -0.05) is 23.2 Å². The monoisotopic (exact) mass is 270 g/mol. The summed E-state index contributed by atoms with van der Waals surface area (Å²) in [5.74, 6) is 1.28. The van der Waals surface area contributed by atoms with Crippen LogP contribution in [0, 0.1) is 0 Å². The Labute approximate surface area is 108 Å². The topological polar surface area (TPSA) is 39.4 Å².